The van der Waals surface area contributed by atoms with Gasteiger partial charge >= 0.3 is 0 Å². The molecule has 44 heavy (non-hydrogen) atoms. The van der Waals surface area contributed by atoms with Crippen LogP contribution in [-0.2, 0) is 0 Å². The summed E-state index contributed by atoms with van der Waals surface area (Å²) in [6, 6.07) is 14.9. The SMILES string of the molecule is CCCCCCCCCCCCCCC(CC1CCCCC1)C(=O)c1cc(-c2ccc(Cl)cc2)n(-c2ccc(Cl)cc2Cl)n1. The van der Waals surface area contributed by atoms with E-state index in [4.69, 9.17) is 39.9 Å². The highest BCUT2D eigenvalue weighted by Crippen LogP contribution is 2.35. The molecule has 1 aliphatic rings. The van der Waals surface area contributed by atoms with Crippen molar-refractivity contribution in [1.29, 1.82) is 0 Å². The Morgan fingerprint density at radius 2 is 1.36 bits per heavy atom. The van der Waals surface area contributed by atoms with E-state index in [2.05, 4.69) is 6.92 Å². The lowest BCUT2D eigenvalue weighted by Crippen LogP contribution is -2.21. The molecule has 3 aromatic rings. The molecular weight excluding hydrogens is 607 g/mol. The van der Waals surface area contributed by atoms with Crippen LogP contribution in [0.15, 0.2) is 48.5 Å². The molecule has 4 rings (SSSR count). The molecule has 0 aliphatic heterocycles. The summed E-state index contributed by atoms with van der Waals surface area (Å²) in [4.78, 5) is 14.2. The van der Waals surface area contributed by atoms with Gasteiger partial charge in [-0.25, -0.2) is 4.68 Å². The molecule has 0 bridgehead atoms. The summed E-state index contributed by atoms with van der Waals surface area (Å²) in [5.41, 5.74) is 2.96. The number of hydrogen-bond acceptors (Lipinski definition) is 2. The number of carbonyl (C=O) groups excluding carboxylic acids is 1. The number of Topliss-reactive ketones (excluding diaryl/α,β-unsaturated/α-hetero) is 1. The van der Waals surface area contributed by atoms with Gasteiger partial charge in [-0.3, -0.25) is 4.79 Å². The summed E-state index contributed by atoms with van der Waals surface area (Å²) >= 11 is 19.1. The van der Waals surface area contributed by atoms with Gasteiger partial charge in [0.25, 0.3) is 0 Å². The Balaban J connectivity index is 1.43. The second-order valence-electron chi connectivity index (χ2n) is 12.9. The number of ketones is 1. The van der Waals surface area contributed by atoms with E-state index >= 15 is 0 Å². The van der Waals surface area contributed by atoms with Gasteiger partial charge in [0.15, 0.2) is 5.78 Å². The summed E-state index contributed by atoms with van der Waals surface area (Å²) in [7, 11) is 0. The molecule has 1 unspecified atom stereocenters. The van der Waals surface area contributed by atoms with E-state index in [0.717, 1.165) is 30.5 Å². The molecule has 3 nitrogen and oxygen atoms in total. The van der Waals surface area contributed by atoms with Crippen molar-refractivity contribution in [2.24, 2.45) is 11.8 Å². The van der Waals surface area contributed by atoms with E-state index in [1.165, 1.54) is 103 Å². The van der Waals surface area contributed by atoms with Crippen LogP contribution in [0.2, 0.25) is 15.1 Å². The van der Waals surface area contributed by atoms with Crippen molar-refractivity contribution in [2.75, 3.05) is 0 Å². The van der Waals surface area contributed by atoms with Crippen LogP contribution in [0.5, 0.6) is 0 Å². The predicted molar refractivity (Wildman–Crippen MR) is 189 cm³/mol. The van der Waals surface area contributed by atoms with Crippen molar-refractivity contribution >= 4 is 40.6 Å². The van der Waals surface area contributed by atoms with Crippen LogP contribution >= 0.6 is 34.8 Å². The van der Waals surface area contributed by atoms with Gasteiger partial charge in [-0.2, -0.15) is 5.10 Å². The highest BCUT2D eigenvalue weighted by atomic mass is 35.5. The monoisotopic (exact) mass is 656 g/mol. The molecule has 240 valence electrons. The van der Waals surface area contributed by atoms with Gasteiger partial charge in [-0.15, -0.1) is 0 Å². The number of nitrogens with zero attached hydrogens (tertiary/aromatic N) is 2. The Morgan fingerprint density at radius 3 is 1.98 bits per heavy atom. The van der Waals surface area contributed by atoms with Gasteiger partial charge in [0.05, 0.1) is 16.4 Å². The average Bonchev–Trinajstić information content (AvgIpc) is 3.46. The summed E-state index contributed by atoms with van der Waals surface area (Å²) in [5, 5.41) is 6.61. The van der Waals surface area contributed by atoms with Crippen molar-refractivity contribution in [3.05, 3.63) is 69.3 Å². The molecule has 6 heteroatoms. The Labute approximate surface area is 281 Å². The molecule has 1 aromatic heterocycles. The van der Waals surface area contributed by atoms with Gasteiger partial charge in [0.2, 0.25) is 0 Å². The normalized spacial score (nSPS) is 14.6. The molecule has 0 radical (unpaired) electrons. The predicted octanol–water partition coefficient (Wildman–Crippen LogP) is 13.4. The maximum atomic E-state index is 14.2. The fourth-order valence-electron chi connectivity index (χ4n) is 6.79. The summed E-state index contributed by atoms with van der Waals surface area (Å²) < 4.78 is 1.79. The lowest BCUT2D eigenvalue weighted by atomic mass is 9.79. The van der Waals surface area contributed by atoms with Crippen LogP contribution in [0.3, 0.4) is 0 Å². The third kappa shape index (κ3) is 10.9. The smallest absolute Gasteiger partial charge is 0.186 e. The minimum atomic E-state index is 0.00308. The number of benzene rings is 2. The average molecular weight is 658 g/mol. The topological polar surface area (TPSA) is 34.9 Å². The zero-order valence-corrected chi connectivity index (χ0v) is 28.9. The largest absolute Gasteiger partial charge is 0.292 e. The van der Waals surface area contributed by atoms with Crippen LogP contribution in [0.4, 0.5) is 0 Å². The molecule has 1 aliphatic carbocycles. The van der Waals surface area contributed by atoms with Crippen LogP contribution in [-0.4, -0.2) is 15.6 Å². The van der Waals surface area contributed by atoms with E-state index in [1.807, 2.05) is 36.4 Å². The van der Waals surface area contributed by atoms with Crippen molar-refractivity contribution in [3.63, 3.8) is 0 Å². The highest BCUT2D eigenvalue weighted by molar-refractivity contribution is 6.35. The number of carbonyl (C=O) groups is 1. The summed E-state index contributed by atoms with van der Waals surface area (Å²) in [6.45, 7) is 2.28. The Hall–Kier alpha value is -1.81. The maximum absolute atomic E-state index is 14.2. The van der Waals surface area contributed by atoms with E-state index in [1.54, 1.807) is 16.8 Å². The van der Waals surface area contributed by atoms with Crippen LogP contribution in [0, 0.1) is 11.8 Å². The molecule has 0 N–H and O–H groups in total. The fourth-order valence-corrected chi connectivity index (χ4v) is 7.40. The number of rotatable bonds is 19. The van der Waals surface area contributed by atoms with E-state index in [0.29, 0.717) is 32.4 Å². The quantitative estimate of drug-likeness (QED) is 0.0949. The number of hydrogen-bond donors (Lipinski definition) is 0. The molecule has 1 heterocycles. The minimum absolute atomic E-state index is 0.00308. The number of aromatic nitrogens is 2. The first-order valence-corrected chi connectivity index (χ1v) is 18.4. The minimum Gasteiger partial charge on any atom is -0.292 e. The molecular formula is C38H51Cl3N2O. The van der Waals surface area contributed by atoms with Crippen molar-refractivity contribution < 1.29 is 4.79 Å². The van der Waals surface area contributed by atoms with Gasteiger partial charge in [0, 0.05) is 21.5 Å². The number of unbranched alkanes of at least 4 members (excludes halogenated alkanes) is 11. The molecule has 1 saturated carbocycles. The van der Waals surface area contributed by atoms with Gasteiger partial charge in [-0.05, 0) is 55.2 Å². The Kier molecular flexibility index (Phi) is 15.1. The first-order valence-electron chi connectivity index (χ1n) is 17.3. The van der Waals surface area contributed by atoms with Gasteiger partial charge in [-0.1, -0.05) is 163 Å². The van der Waals surface area contributed by atoms with E-state index < -0.39 is 0 Å². The first kappa shape index (κ1) is 35.1. The fraction of sp³-hybridized carbons (Fsp3) is 0.579. The van der Waals surface area contributed by atoms with Crippen LogP contribution in [0.25, 0.3) is 16.9 Å². The molecule has 0 saturated heterocycles. The lowest BCUT2D eigenvalue weighted by molar-refractivity contribution is 0.0875. The third-order valence-electron chi connectivity index (χ3n) is 9.36. The zero-order chi connectivity index (χ0) is 31.1. The van der Waals surface area contributed by atoms with Crippen LogP contribution in [0.1, 0.15) is 139 Å². The Morgan fingerprint density at radius 1 is 0.773 bits per heavy atom. The summed E-state index contributed by atoms with van der Waals surface area (Å²) in [5.74, 6) is 0.805. The molecule has 2 aromatic carbocycles. The zero-order valence-electron chi connectivity index (χ0n) is 26.6. The first-order chi connectivity index (χ1) is 21.5. The Bertz CT molecular complexity index is 1280. The van der Waals surface area contributed by atoms with Gasteiger partial charge in [0.1, 0.15) is 5.69 Å². The molecule has 0 spiro atoms. The van der Waals surface area contributed by atoms with E-state index in [-0.39, 0.29) is 11.7 Å². The summed E-state index contributed by atoms with van der Waals surface area (Å²) in [6.07, 6.45) is 24.2. The van der Waals surface area contributed by atoms with Crippen molar-refractivity contribution in [1.82, 2.24) is 9.78 Å². The molecule has 1 atom stereocenters. The van der Waals surface area contributed by atoms with E-state index in [9.17, 15) is 4.79 Å². The van der Waals surface area contributed by atoms with Crippen molar-refractivity contribution in [2.45, 2.75) is 129 Å². The third-order valence-corrected chi connectivity index (χ3v) is 10.1. The number of halogens is 3. The standard InChI is InChI=1S/C38H51Cl3N2O/c1-2-3-4-5-6-7-8-9-10-11-12-16-19-31(26-29-17-14-13-15-18-29)38(44)35-28-37(30-20-22-32(39)23-21-30)43(42-35)36-25-24-33(40)27-34(36)41/h20-25,27-29,31H,2-19,26H2,1H3. The maximum Gasteiger partial charge on any atom is 0.186 e. The van der Waals surface area contributed by atoms with Crippen molar-refractivity contribution in [3.8, 4) is 16.9 Å². The second kappa shape index (κ2) is 19.0. The molecule has 0 amide bonds. The second-order valence-corrected chi connectivity index (χ2v) is 14.2. The lowest BCUT2D eigenvalue weighted by Gasteiger charge is -2.25. The van der Waals surface area contributed by atoms with Gasteiger partial charge < -0.3 is 0 Å². The van der Waals surface area contributed by atoms with Crippen LogP contribution < -0.4 is 0 Å². The molecule has 1 fully saturated rings. The highest BCUT2D eigenvalue weighted by Gasteiger charge is 2.28.